The molecular weight excluding hydrogens is 253 g/mol. The predicted molar refractivity (Wildman–Crippen MR) is 59.9 cm³/mol. The van der Waals surface area contributed by atoms with Crippen LogP contribution in [-0.2, 0) is 0 Å². The highest BCUT2D eigenvalue weighted by molar-refractivity contribution is 6.30. The highest BCUT2D eigenvalue weighted by atomic mass is 35.5. The van der Waals surface area contributed by atoms with E-state index in [9.17, 15) is 13.2 Å². The monoisotopic (exact) mass is 262 g/mol. The summed E-state index contributed by atoms with van der Waals surface area (Å²) in [5.41, 5.74) is 0.583. The maximum atomic E-state index is 12.1. The molecule has 1 rings (SSSR count). The Balaban J connectivity index is 2.81. The van der Waals surface area contributed by atoms with Crippen molar-refractivity contribution in [3.05, 3.63) is 28.8 Å². The van der Waals surface area contributed by atoms with E-state index >= 15 is 0 Å². The molecule has 1 aromatic rings. The van der Waals surface area contributed by atoms with Gasteiger partial charge in [0.25, 0.3) is 0 Å². The second kappa shape index (κ2) is 5.28. The highest BCUT2D eigenvalue weighted by Crippen LogP contribution is 2.25. The Labute approximate surface area is 102 Å². The van der Waals surface area contributed by atoms with Gasteiger partial charge >= 0.3 is 6.18 Å². The Morgan fingerprint density at radius 1 is 1.47 bits per heavy atom. The fourth-order valence-corrected chi connectivity index (χ4v) is 1.57. The molecular formula is C11H10ClF3N2. The maximum Gasteiger partial charge on any atom is 0.391 e. The number of hydrogen-bond acceptors (Lipinski definition) is 2. The standard InChI is InChI=1S/C11H10ClF3N2/c1-7(5-11(13,14)15)17-10-4-9(12)3-2-8(10)6-16/h2-4,7,17H,5H2,1H3. The molecule has 0 saturated carbocycles. The zero-order chi connectivity index (χ0) is 13.1. The van der Waals surface area contributed by atoms with E-state index in [4.69, 9.17) is 16.9 Å². The van der Waals surface area contributed by atoms with Crippen molar-refractivity contribution >= 4 is 17.3 Å². The van der Waals surface area contributed by atoms with Crippen LogP contribution in [0.4, 0.5) is 18.9 Å². The Morgan fingerprint density at radius 3 is 2.65 bits per heavy atom. The largest absolute Gasteiger partial charge is 0.391 e. The van der Waals surface area contributed by atoms with Crippen LogP contribution in [0, 0.1) is 11.3 Å². The van der Waals surface area contributed by atoms with E-state index < -0.39 is 18.6 Å². The lowest BCUT2D eigenvalue weighted by Crippen LogP contribution is -2.24. The molecule has 1 N–H and O–H groups in total. The van der Waals surface area contributed by atoms with E-state index in [1.165, 1.54) is 25.1 Å². The number of alkyl halides is 3. The lowest BCUT2D eigenvalue weighted by molar-refractivity contribution is -0.136. The van der Waals surface area contributed by atoms with Crippen LogP contribution >= 0.6 is 11.6 Å². The summed E-state index contributed by atoms with van der Waals surface area (Å²) in [7, 11) is 0. The van der Waals surface area contributed by atoms with Gasteiger partial charge in [-0.1, -0.05) is 11.6 Å². The third-order valence-electron chi connectivity index (χ3n) is 2.04. The number of nitrogens with one attached hydrogen (secondary N) is 1. The first kappa shape index (κ1) is 13.7. The minimum absolute atomic E-state index is 0.267. The number of benzene rings is 1. The number of nitriles is 1. The molecule has 0 aromatic heterocycles. The molecule has 17 heavy (non-hydrogen) atoms. The normalized spacial score (nSPS) is 12.9. The quantitative estimate of drug-likeness (QED) is 0.895. The number of hydrogen-bond donors (Lipinski definition) is 1. The first-order chi connectivity index (χ1) is 7.81. The van der Waals surface area contributed by atoms with Crippen molar-refractivity contribution in [1.82, 2.24) is 0 Å². The molecule has 0 amide bonds. The van der Waals surface area contributed by atoms with E-state index in [0.717, 1.165) is 0 Å². The van der Waals surface area contributed by atoms with E-state index in [2.05, 4.69) is 5.32 Å². The van der Waals surface area contributed by atoms with Crippen molar-refractivity contribution in [1.29, 1.82) is 5.26 Å². The summed E-state index contributed by atoms with van der Waals surface area (Å²) in [6, 6.07) is 5.48. The summed E-state index contributed by atoms with van der Waals surface area (Å²) in [5.74, 6) is 0. The maximum absolute atomic E-state index is 12.1. The van der Waals surface area contributed by atoms with Gasteiger partial charge in [0, 0.05) is 11.1 Å². The van der Waals surface area contributed by atoms with Gasteiger partial charge in [-0.15, -0.1) is 0 Å². The van der Waals surface area contributed by atoms with E-state index in [1.807, 2.05) is 6.07 Å². The smallest absolute Gasteiger partial charge is 0.381 e. The second-order valence-electron chi connectivity index (χ2n) is 3.67. The lowest BCUT2D eigenvalue weighted by Gasteiger charge is -2.17. The van der Waals surface area contributed by atoms with Crippen LogP contribution in [0.1, 0.15) is 18.9 Å². The van der Waals surface area contributed by atoms with Crippen LogP contribution in [0.5, 0.6) is 0 Å². The third kappa shape index (κ3) is 4.53. The van der Waals surface area contributed by atoms with Crippen molar-refractivity contribution in [3.8, 4) is 6.07 Å². The SMILES string of the molecule is CC(CC(F)(F)F)Nc1cc(Cl)ccc1C#N. The Morgan fingerprint density at radius 2 is 2.12 bits per heavy atom. The third-order valence-corrected chi connectivity index (χ3v) is 2.28. The van der Waals surface area contributed by atoms with Gasteiger partial charge in [0.2, 0.25) is 0 Å². The van der Waals surface area contributed by atoms with Crippen LogP contribution in [0.2, 0.25) is 5.02 Å². The van der Waals surface area contributed by atoms with Crippen LogP contribution < -0.4 is 5.32 Å². The molecule has 1 aromatic carbocycles. The highest BCUT2D eigenvalue weighted by Gasteiger charge is 2.30. The Bertz CT molecular complexity index is 437. The molecule has 0 fully saturated rings. The summed E-state index contributed by atoms with van der Waals surface area (Å²) in [6.07, 6.45) is -5.21. The first-order valence-electron chi connectivity index (χ1n) is 4.85. The molecule has 0 aliphatic heterocycles. The summed E-state index contributed by atoms with van der Waals surface area (Å²) in [4.78, 5) is 0. The summed E-state index contributed by atoms with van der Waals surface area (Å²) in [5, 5.41) is 11.8. The minimum Gasteiger partial charge on any atom is -0.381 e. The molecule has 92 valence electrons. The van der Waals surface area contributed by atoms with Crippen molar-refractivity contribution in [2.75, 3.05) is 5.32 Å². The first-order valence-corrected chi connectivity index (χ1v) is 5.22. The zero-order valence-electron chi connectivity index (χ0n) is 8.98. The average molecular weight is 263 g/mol. The summed E-state index contributed by atoms with van der Waals surface area (Å²) < 4.78 is 36.4. The van der Waals surface area contributed by atoms with Crippen LogP contribution in [-0.4, -0.2) is 12.2 Å². The molecule has 6 heteroatoms. The van der Waals surface area contributed by atoms with Gasteiger partial charge in [-0.25, -0.2) is 0 Å². The molecule has 1 atom stereocenters. The molecule has 0 saturated heterocycles. The van der Waals surface area contributed by atoms with Crippen molar-refractivity contribution < 1.29 is 13.2 Å². The Kier molecular flexibility index (Phi) is 4.24. The topological polar surface area (TPSA) is 35.8 Å². The van der Waals surface area contributed by atoms with Crippen molar-refractivity contribution in [2.24, 2.45) is 0 Å². The minimum atomic E-state index is -4.24. The molecule has 0 bridgehead atoms. The zero-order valence-corrected chi connectivity index (χ0v) is 9.73. The molecule has 0 aliphatic carbocycles. The van der Waals surface area contributed by atoms with Gasteiger partial charge in [0.1, 0.15) is 6.07 Å². The number of anilines is 1. The molecule has 0 aliphatic rings. The fraction of sp³-hybridized carbons (Fsp3) is 0.364. The van der Waals surface area contributed by atoms with Gasteiger partial charge < -0.3 is 5.32 Å². The van der Waals surface area contributed by atoms with Crippen LogP contribution in [0.3, 0.4) is 0 Å². The van der Waals surface area contributed by atoms with E-state index in [1.54, 1.807) is 0 Å². The van der Waals surface area contributed by atoms with Crippen LogP contribution in [0.25, 0.3) is 0 Å². The number of rotatable bonds is 3. The van der Waals surface area contributed by atoms with Gasteiger partial charge in [-0.3, -0.25) is 0 Å². The lowest BCUT2D eigenvalue weighted by atomic mass is 10.1. The second-order valence-corrected chi connectivity index (χ2v) is 4.10. The van der Waals surface area contributed by atoms with Crippen molar-refractivity contribution in [2.45, 2.75) is 25.6 Å². The number of halogens is 4. The Hall–Kier alpha value is -1.41. The van der Waals surface area contributed by atoms with Gasteiger partial charge in [-0.05, 0) is 25.1 Å². The summed E-state index contributed by atoms with van der Waals surface area (Å²) >= 11 is 5.72. The fourth-order valence-electron chi connectivity index (χ4n) is 1.40. The molecule has 1 unspecified atom stereocenters. The molecule has 2 nitrogen and oxygen atoms in total. The van der Waals surface area contributed by atoms with E-state index in [0.29, 0.717) is 10.7 Å². The molecule has 0 spiro atoms. The average Bonchev–Trinajstić information content (AvgIpc) is 2.14. The van der Waals surface area contributed by atoms with Gasteiger partial charge in [0.05, 0.1) is 17.7 Å². The van der Waals surface area contributed by atoms with Crippen molar-refractivity contribution in [3.63, 3.8) is 0 Å². The van der Waals surface area contributed by atoms with Gasteiger partial charge in [0.15, 0.2) is 0 Å². The summed E-state index contributed by atoms with van der Waals surface area (Å²) in [6.45, 7) is 1.40. The number of nitrogens with zero attached hydrogens (tertiary/aromatic N) is 1. The van der Waals surface area contributed by atoms with Crippen LogP contribution in [0.15, 0.2) is 18.2 Å². The molecule has 0 radical (unpaired) electrons. The molecule has 0 heterocycles. The van der Waals surface area contributed by atoms with Gasteiger partial charge in [-0.2, -0.15) is 18.4 Å². The van der Waals surface area contributed by atoms with E-state index in [-0.39, 0.29) is 5.56 Å². The predicted octanol–water partition coefficient (Wildman–Crippen LogP) is 3.96.